The van der Waals surface area contributed by atoms with Crippen LogP contribution in [0.2, 0.25) is 0 Å². The fraction of sp³-hybridized carbons (Fsp3) is 0.429. The number of benzene rings is 1. The summed E-state index contributed by atoms with van der Waals surface area (Å²) < 4.78 is 0. The molecule has 0 saturated carbocycles. The summed E-state index contributed by atoms with van der Waals surface area (Å²) in [6, 6.07) is 6.99. The van der Waals surface area contributed by atoms with Crippen LogP contribution in [0, 0.1) is 0 Å². The van der Waals surface area contributed by atoms with Crippen LogP contribution < -0.4 is 0 Å². The number of thioether (sulfide) groups is 1. The van der Waals surface area contributed by atoms with Gasteiger partial charge >= 0.3 is 0 Å². The van der Waals surface area contributed by atoms with Crippen LogP contribution in [0.25, 0.3) is 0 Å². The third-order valence-electron chi connectivity index (χ3n) is 3.29. The van der Waals surface area contributed by atoms with Gasteiger partial charge in [0.25, 0.3) is 0 Å². The molecule has 0 aromatic heterocycles. The van der Waals surface area contributed by atoms with Crippen LogP contribution in [-0.2, 0) is 9.59 Å². The van der Waals surface area contributed by atoms with Crippen molar-refractivity contribution < 1.29 is 14.7 Å². The van der Waals surface area contributed by atoms with Gasteiger partial charge in [-0.1, -0.05) is 12.1 Å². The minimum absolute atomic E-state index is 0.0430. The lowest BCUT2D eigenvalue weighted by molar-refractivity contribution is -0.136. The summed E-state index contributed by atoms with van der Waals surface area (Å²) in [6.45, 7) is 3.91. The second-order valence-electron chi connectivity index (χ2n) is 4.64. The number of amides is 2. The molecule has 2 amide bonds. The SMILES string of the molecule is CC(=O)N1CCN(C(=O)CSc2ccccc2O)CC1. The smallest absolute Gasteiger partial charge is 0.233 e. The molecule has 1 fully saturated rings. The number of piperazine rings is 1. The first-order valence-electron chi connectivity index (χ1n) is 6.52. The molecule has 0 atom stereocenters. The van der Waals surface area contributed by atoms with E-state index >= 15 is 0 Å². The molecule has 0 spiro atoms. The van der Waals surface area contributed by atoms with Gasteiger partial charge in [0.1, 0.15) is 5.75 Å². The Bertz CT molecular complexity index is 499. The molecular formula is C14H18N2O3S. The van der Waals surface area contributed by atoms with E-state index in [1.54, 1.807) is 34.9 Å². The number of carbonyl (C=O) groups excluding carboxylic acids is 2. The Morgan fingerprint density at radius 1 is 1.15 bits per heavy atom. The molecule has 108 valence electrons. The van der Waals surface area contributed by atoms with E-state index in [1.807, 2.05) is 6.07 Å². The van der Waals surface area contributed by atoms with Crippen molar-refractivity contribution >= 4 is 23.6 Å². The number of aromatic hydroxyl groups is 1. The van der Waals surface area contributed by atoms with E-state index in [-0.39, 0.29) is 17.6 Å². The lowest BCUT2D eigenvalue weighted by Gasteiger charge is -2.34. The van der Waals surface area contributed by atoms with Crippen LogP contribution >= 0.6 is 11.8 Å². The highest BCUT2D eigenvalue weighted by molar-refractivity contribution is 8.00. The van der Waals surface area contributed by atoms with E-state index in [9.17, 15) is 14.7 Å². The van der Waals surface area contributed by atoms with Crippen molar-refractivity contribution in [2.75, 3.05) is 31.9 Å². The number of nitrogens with zero attached hydrogens (tertiary/aromatic N) is 2. The van der Waals surface area contributed by atoms with Gasteiger partial charge in [-0.3, -0.25) is 9.59 Å². The van der Waals surface area contributed by atoms with Gasteiger partial charge in [0.05, 0.1) is 5.75 Å². The van der Waals surface area contributed by atoms with Crippen molar-refractivity contribution in [1.29, 1.82) is 0 Å². The molecule has 1 aliphatic heterocycles. The minimum atomic E-state index is 0.0430. The van der Waals surface area contributed by atoms with E-state index in [2.05, 4.69) is 0 Å². The Labute approximate surface area is 122 Å². The Balaban J connectivity index is 1.82. The standard InChI is InChI=1S/C14H18N2O3S/c1-11(17)15-6-8-16(9-7-15)14(19)10-20-13-5-3-2-4-12(13)18/h2-5,18H,6-10H2,1H3. The van der Waals surface area contributed by atoms with Crippen molar-refractivity contribution in [1.82, 2.24) is 9.80 Å². The maximum absolute atomic E-state index is 12.1. The van der Waals surface area contributed by atoms with E-state index in [0.717, 1.165) is 0 Å². The lowest BCUT2D eigenvalue weighted by atomic mass is 10.3. The maximum Gasteiger partial charge on any atom is 0.233 e. The predicted octanol–water partition coefficient (Wildman–Crippen LogP) is 1.17. The van der Waals surface area contributed by atoms with Crippen LogP contribution in [0.15, 0.2) is 29.2 Å². The van der Waals surface area contributed by atoms with Crippen LogP contribution in [0.5, 0.6) is 5.75 Å². The highest BCUT2D eigenvalue weighted by Gasteiger charge is 2.22. The summed E-state index contributed by atoms with van der Waals surface area (Å²) in [6.07, 6.45) is 0. The second-order valence-corrected chi connectivity index (χ2v) is 5.66. The molecule has 1 heterocycles. The first-order valence-corrected chi connectivity index (χ1v) is 7.50. The highest BCUT2D eigenvalue weighted by atomic mass is 32.2. The van der Waals surface area contributed by atoms with Gasteiger partial charge in [0.15, 0.2) is 0 Å². The molecule has 1 aromatic carbocycles. The summed E-state index contributed by atoms with van der Waals surface area (Å²) in [5.74, 6) is 0.603. The van der Waals surface area contributed by atoms with Crippen LogP contribution in [0.3, 0.4) is 0 Å². The van der Waals surface area contributed by atoms with Gasteiger partial charge in [0, 0.05) is 38.0 Å². The van der Waals surface area contributed by atoms with Crippen molar-refractivity contribution in [3.8, 4) is 5.75 Å². The molecule has 0 bridgehead atoms. The molecule has 2 rings (SSSR count). The van der Waals surface area contributed by atoms with E-state index < -0.39 is 0 Å². The molecular weight excluding hydrogens is 276 g/mol. The van der Waals surface area contributed by atoms with Gasteiger partial charge in [-0.25, -0.2) is 0 Å². The lowest BCUT2D eigenvalue weighted by Crippen LogP contribution is -2.50. The summed E-state index contributed by atoms with van der Waals surface area (Å²) in [7, 11) is 0. The van der Waals surface area contributed by atoms with Crippen LogP contribution in [-0.4, -0.2) is 58.7 Å². The van der Waals surface area contributed by atoms with Crippen LogP contribution in [0.4, 0.5) is 0 Å². The van der Waals surface area contributed by atoms with Crippen molar-refractivity contribution in [2.24, 2.45) is 0 Å². The number of phenols is 1. The molecule has 1 saturated heterocycles. The normalized spacial score (nSPS) is 15.2. The van der Waals surface area contributed by atoms with Gasteiger partial charge in [0.2, 0.25) is 11.8 Å². The molecule has 1 aromatic rings. The zero-order chi connectivity index (χ0) is 14.5. The average molecular weight is 294 g/mol. The quantitative estimate of drug-likeness (QED) is 0.850. The predicted molar refractivity (Wildman–Crippen MR) is 77.7 cm³/mol. The fourth-order valence-electron chi connectivity index (χ4n) is 2.08. The summed E-state index contributed by atoms with van der Waals surface area (Å²) in [4.78, 5) is 27.5. The Morgan fingerprint density at radius 2 is 1.75 bits per heavy atom. The monoisotopic (exact) mass is 294 g/mol. The summed E-state index contributed by atoms with van der Waals surface area (Å²) in [5.41, 5.74) is 0. The fourth-order valence-corrected chi connectivity index (χ4v) is 2.93. The first-order chi connectivity index (χ1) is 9.58. The Kier molecular flexibility index (Phi) is 4.89. The zero-order valence-corrected chi connectivity index (χ0v) is 12.2. The van der Waals surface area contributed by atoms with E-state index in [4.69, 9.17) is 0 Å². The maximum atomic E-state index is 12.1. The number of hydrogen-bond donors (Lipinski definition) is 1. The Hall–Kier alpha value is -1.69. The third-order valence-corrected chi connectivity index (χ3v) is 4.34. The molecule has 0 aliphatic carbocycles. The van der Waals surface area contributed by atoms with E-state index in [0.29, 0.717) is 36.8 Å². The zero-order valence-electron chi connectivity index (χ0n) is 11.4. The number of hydrogen-bond acceptors (Lipinski definition) is 4. The molecule has 0 radical (unpaired) electrons. The van der Waals surface area contributed by atoms with Crippen molar-refractivity contribution in [3.05, 3.63) is 24.3 Å². The minimum Gasteiger partial charge on any atom is -0.507 e. The van der Waals surface area contributed by atoms with Crippen molar-refractivity contribution in [2.45, 2.75) is 11.8 Å². The highest BCUT2D eigenvalue weighted by Crippen LogP contribution is 2.27. The van der Waals surface area contributed by atoms with Gasteiger partial charge in [-0.05, 0) is 12.1 Å². The van der Waals surface area contributed by atoms with Gasteiger partial charge in [-0.2, -0.15) is 0 Å². The largest absolute Gasteiger partial charge is 0.507 e. The number of phenolic OH excluding ortho intramolecular Hbond substituents is 1. The number of rotatable bonds is 3. The summed E-state index contributed by atoms with van der Waals surface area (Å²) >= 11 is 1.33. The molecule has 0 unspecified atom stereocenters. The topological polar surface area (TPSA) is 60.9 Å². The summed E-state index contributed by atoms with van der Waals surface area (Å²) in [5, 5.41) is 9.64. The first kappa shape index (κ1) is 14.7. The van der Waals surface area contributed by atoms with Gasteiger partial charge in [-0.15, -0.1) is 11.8 Å². The van der Waals surface area contributed by atoms with Crippen LogP contribution in [0.1, 0.15) is 6.92 Å². The van der Waals surface area contributed by atoms with E-state index in [1.165, 1.54) is 11.8 Å². The molecule has 5 nitrogen and oxygen atoms in total. The molecule has 1 N–H and O–H groups in total. The number of para-hydroxylation sites is 1. The second kappa shape index (κ2) is 6.65. The number of carbonyl (C=O) groups is 2. The molecule has 6 heteroatoms. The Morgan fingerprint density at radius 3 is 2.35 bits per heavy atom. The molecule has 20 heavy (non-hydrogen) atoms. The average Bonchev–Trinajstić information content (AvgIpc) is 2.46. The molecule has 1 aliphatic rings. The van der Waals surface area contributed by atoms with Gasteiger partial charge < -0.3 is 14.9 Å². The van der Waals surface area contributed by atoms with Crippen molar-refractivity contribution in [3.63, 3.8) is 0 Å². The third kappa shape index (κ3) is 3.66.